The Bertz CT molecular complexity index is 882. The molecule has 0 bridgehead atoms. The van der Waals surface area contributed by atoms with E-state index in [2.05, 4.69) is 30.6 Å². The van der Waals surface area contributed by atoms with Crippen molar-refractivity contribution in [1.29, 1.82) is 0 Å². The number of carbonyl (C=O) groups excluding carboxylic acids is 2. The molecule has 1 aliphatic heterocycles. The van der Waals surface area contributed by atoms with E-state index in [1.807, 2.05) is 4.90 Å². The van der Waals surface area contributed by atoms with Gasteiger partial charge in [0.15, 0.2) is 17.2 Å². The van der Waals surface area contributed by atoms with E-state index in [0.29, 0.717) is 24.7 Å². The van der Waals surface area contributed by atoms with E-state index in [0.717, 1.165) is 20.2 Å². The Morgan fingerprint density at radius 3 is 2.64 bits per heavy atom. The van der Waals surface area contributed by atoms with Crippen molar-refractivity contribution < 1.29 is 27.5 Å². The van der Waals surface area contributed by atoms with Gasteiger partial charge in [-0.1, -0.05) is 0 Å². The highest BCUT2D eigenvalue weighted by atomic mass is 19.4. The van der Waals surface area contributed by atoms with Gasteiger partial charge in [-0.2, -0.15) is 13.2 Å². The van der Waals surface area contributed by atoms with E-state index >= 15 is 0 Å². The number of nitrogens with zero attached hydrogens (tertiary/aromatic N) is 4. The van der Waals surface area contributed by atoms with Crippen molar-refractivity contribution in [3.63, 3.8) is 0 Å². The second-order valence-electron chi connectivity index (χ2n) is 5.76. The number of esters is 1. The number of alkyl halides is 3. The molecule has 0 atom stereocenters. The Labute approximate surface area is 156 Å². The van der Waals surface area contributed by atoms with Gasteiger partial charge in [0.1, 0.15) is 0 Å². The Kier molecular flexibility index (Phi) is 5.40. The van der Waals surface area contributed by atoms with Gasteiger partial charge in [-0.3, -0.25) is 10.1 Å². The minimum absolute atomic E-state index is 0.135. The molecule has 0 radical (unpaired) electrons. The SMILES string of the molecule is COC(=O)c1ncc(C(F)(F)F)cc1NC(=O)c1ccc(N2CCNC2)nn1. The summed E-state index contributed by atoms with van der Waals surface area (Å²) in [6, 6.07) is 3.56. The smallest absolute Gasteiger partial charge is 0.417 e. The molecule has 1 fully saturated rings. The van der Waals surface area contributed by atoms with Crippen molar-refractivity contribution in [3.8, 4) is 0 Å². The molecule has 9 nitrogen and oxygen atoms in total. The molecule has 0 aliphatic carbocycles. The summed E-state index contributed by atoms with van der Waals surface area (Å²) < 4.78 is 43.3. The van der Waals surface area contributed by atoms with Crippen LogP contribution in [0.3, 0.4) is 0 Å². The molecule has 0 saturated carbocycles. The fourth-order valence-electron chi connectivity index (χ4n) is 2.48. The highest BCUT2D eigenvalue weighted by Gasteiger charge is 2.33. The fourth-order valence-corrected chi connectivity index (χ4v) is 2.48. The van der Waals surface area contributed by atoms with E-state index in [9.17, 15) is 22.8 Å². The number of carbonyl (C=O) groups is 2. The average molecular weight is 396 g/mol. The zero-order chi connectivity index (χ0) is 20.3. The monoisotopic (exact) mass is 396 g/mol. The molecule has 3 heterocycles. The second-order valence-corrected chi connectivity index (χ2v) is 5.76. The van der Waals surface area contributed by atoms with Crippen LogP contribution >= 0.6 is 0 Å². The van der Waals surface area contributed by atoms with Crippen LogP contribution in [0.15, 0.2) is 24.4 Å². The van der Waals surface area contributed by atoms with Crippen LogP contribution in [0.1, 0.15) is 26.5 Å². The summed E-state index contributed by atoms with van der Waals surface area (Å²) in [6.07, 6.45) is -4.22. The van der Waals surface area contributed by atoms with Crippen LogP contribution in [0.4, 0.5) is 24.7 Å². The van der Waals surface area contributed by atoms with Crippen LogP contribution in [0.25, 0.3) is 0 Å². The van der Waals surface area contributed by atoms with Crippen molar-refractivity contribution in [2.24, 2.45) is 0 Å². The number of halogens is 3. The van der Waals surface area contributed by atoms with Crippen LogP contribution in [0.5, 0.6) is 0 Å². The molecule has 2 N–H and O–H groups in total. The lowest BCUT2D eigenvalue weighted by atomic mass is 10.2. The summed E-state index contributed by atoms with van der Waals surface area (Å²) in [5, 5.41) is 13.1. The largest absolute Gasteiger partial charge is 0.464 e. The van der Waals surface area contributed by atoms with E-state index in [-0.39, 0.29) is 5.69 Å². The van der Waals surface area contributed by atoms with Gasteiger partial charge in [-0.15, -0.1) is 10.2 Å². The third-order valence-electron chi connectivity index (χ3n) is 3.91. The lowest BCUT2D eigenvalue weighted by Crippen LogP contribution is -2.23. The molecular weight excluding hydrogens is 381 g/mol. The van der Waals surface area contributed by atoms with E-state index < -0.39 is 35.0 Å². The molecule has 1 amide bonds. The molecule has 1 saturated heterocycles. The highest BCUT2D eigenvalue weighted by molar-refractivity contribution is 6.06. The van der Waals surface area contributed by atoms with Gasteiger partial charge in [0.2, 0.25) is 0 Å². The minimum atomic E-state index is -4.70. The predicted octanol–water partition coefficient (Wildman–Crippen LogP) is 1.30. The molecule has 0 spiro atoms. The summed E-state index contributed by atoms with van der Waals surface area (Å²) in [6.45, 7) is 2.13. The number of ether oxygens (including phenoxy) is 1. The molecule has 3 rings (SSSR count). The number of aromatic nitrogens is 3. The summed E-state index contributed by atoms with van der Waals surface area (Å²) in [4.78, 5) is 29.5. The quantitative estimate of drug-likeness (QED) is 0.745. The molecule has 12 heteroatoms. The summed E-state index contributed by atoms with van der Waals surface area (Å²) in [5.74, 6) is -1.28. The van der Waals surface area contributed by atoms with Gasteiger partial charge >= 0.3 is 12.1 Å². The number of methoxy groups -OCH3 is 1. The maximum Gasteiger partial charge on any atom is 0.417 e. The van der Waals surface area contributed by atoms with Crippen LogP contribution in [0.2, 0.25) is 0 Å². The average Bonchev–Trinajstić information content (AvgIpc) is 3.21. The van der Waals surface area contributed by atoms with Crippen LogP contribution in [0, 0.1) is 0 Å². The van der Waals surface area contributed by atoms with E-state index in [1.165, 1.54) is 6.07 Å². The number of rotatable bonds is 4. The first-order valence-corrected chi connectivity index (χ1v) is 8.06. The first-order chi connectivity index (χ1) is 13.3. The van der Waals surface area contributed by atoms with Crippen molar-refractivity contribution in [3.05, 3.63) is 41.3 Å². The Morgan fingerprint density at radius 1 is 1.29 bits per heavy atom. The van der Waals surface area contributed by atoms with E-state index in [1.54, 1.807) is 6.07 Å². The molecule has 28 heavy (non-hydrogen) atoms. The Morgan fingerprint density at radius 2 is 2.07 bits per heavy atom. The molecule has 1 aliphatic rings. The molecular formula is C16H15F3N6O3. The lowest BCUT2D eigenvalue weighted by molar-refractivity contribution is -0.137. The normalized spacial score (nSPS) is 14.1. The maximum absolute atomic E-state index is 12.9. The van der Waals surface area contributed by atoms with Crippen molar-refractivity contribution in [2.45, 2.75) is 6.18 Å². The number of pyridine rings is 1. The Balaban J connectivity index is 1.84. The third-order valence-corrected chi connectivity index (χ3v) is 3.91. The highest BCUT2D eigenvalue weighted by Crippen LogP contribution is 2.31. The van der Waals surface area contributed by atoms with Crippen LogP contribution in [-0.4, -0.2) is 53.9 Å². The molecule has 2 aromatic rings. The third kappa shape index (κ3) is 4.17. The fraction of sp³-hybridized carbons (Fsp3) is 0.312. The van der Waals surface area contributed by atoms with Crippen molar-refractivity contribution in [1.82, 2.24) is 20.5 Å². The Hall–Kier alpha value is -3.28. The van der Waals surface area contributed by atoms with Gasteiger partial charge in [0.05, 0.1) is 25.0 Å². The summed E-state index contributed by atoms with van der Waals surface area (Å²) >= 11 is 0. The number of anilines is 2. The zero-order valence-electron chi connectivity index (χ0n) is 14.6. The zero-order valence-corrected chi connectivity index (χ0v) is 14.6. The minimum Gasteiger partial charge on any atom is -0.464 e. The van der Waals surface area contributed by atoms with Crippen LogP contribution < -0.4 is 15.5 Å². The van der Waals surface area contributed by atoms with Gasteiger partial charge in [-0.25, -0.2) is 9.78 Å². The topological polar surface area (TPSA) is 109 Å². The first kappa shape index (κ1) is 19.5. The molecule has 0 unspecified atom stereocenters. The molecule has 0 aromatic carbocycles. The second kappa shape index (κ2) is 7.76. The van der Waals surface area contributed by atoms with Crippen molar-refractivity contribution in [2.75, 3.05) is 37.1 Å². The molecule has 148 valence electrons. The van der Waals surface area contributed by atoms with Crippen LogP contribution in [-0.2, 0) is 10.9 Å². The van der Waals surface area contributed by atoms with Gasteiger partial charge in [0, 0.05) is 19.3 Å². The van der Waals surface area contributed by atoms with Crippen molar-refractivity contribution >= 4 is 23.4 Å². The summed E-state index contributed by atoms with van der Waals surface area (Å²) in [5.41, 5.74) is -2.17. The number of nitrogens with one attached hydrogen (secondary N) is 2. The summed E-state index contributed by atoms with van der Waals surface area (Å²) in [7, 11) is 1.05. The predicted molar refractivity (Wildman–Crippen MR) is 90.8 cm³/mol. The lowest BCUT2D eigenvalue weighted by Gasteiger charge is -2.15. The molecule has 2 aromatic heterocycles. The number of amides is 1. The number of hydrogen-bond acceptors (Lipinski definition) is 8. The first-order valence-electron chi connectivity index (χ1n) is 8.06. The maximum atomic E-state index is 12.9. The van der Waals surface area contributed by atoms with Gasteiger partial charge in [0.25, 0.3) is 5.91 Å². The van der Waals surface area contributed by atoms with Gasteiger partial charge in [-0.05, 0) is 18.2 Å². The number of hydrogen-bond donors (Lipinski definition) is 2. The van der Waals surface area contributed by atoms with E-state index in [4.69, 9.17) is 0 Å². The standard InChI is InChI=1S/C16H15F3N6O3/c1-28-15(27)13-11(6-9(7-21-13)16(17,18)19)22-14(26)10-2-3-12(24-23-10)25-5-4-20-8-25/h2-3,6-7,20H,4-5,8H2,1H3,(H,22,26). The van der Waals surface area contributed by atoms with Gasteiger partial charge < -0.3 is 15.0 Å².